The molecular formula is C112H76B2N2O3. The minimum atomic E-state index is -0.478. The van der Waals surface area contributed by atoms with Crippen molar-refractivity contribution < 1.29 is 13.9 Å². The van der Waals surface area contributed by atoms with Crippen LogP contribution >= 0.6 is 0 Å². The number of hydrogen-bond donors (Lipinski definition) is 0. The van der Waals surface area contributed by atoms with Crippen molar-refractivity contribution in [3.05, 3.63) is 412 Å². The van der Waals surface area contributed by atoms with Crippen molar-refractivity contribution in [3.8, 4) is 134 Å². The van der Waals surface area contributed by atoms with Crippen LogP contribution in [0.15, 0.2) is 411 Å². The molecule has 0 atom stereocenters. The number of anilines is 6. The van der Waals surface area contributed by atoms with Crippen LogP contribution in [0.3, 0.4) is 0 Å². The van der Waals surface area contributed by atoms with Crippen molar-refractivity contribution in [3.63, 3.8) is 0 Å². The van der Waals surface area contributed by atoms with Gasteiger partial charge in [0.15, 0.2) is 0 Å². The van der Waals surface area contributed by atoms with Crippen LogP contribution in [0.2, 0.25) is 0 Å². The third-order valence-corrected chi connectivity index (χ3v) is 24.9. The Morgan fingerprint density at radius 1 is 0.235 bits per heavy atom. The molecule has 0 amide bonds. The fraction of sp³-hybridized carbons (Fsp3) is 0.0357. The van der Waals surface area contributed by atoms with Gasteiger partial charge in [0.25, 0.3) is 13.4 Å². The maximum Gasteiger partial charge on any atom is 0.260 e. The molecule has 4 aliphatic heterocycles. The molecule has 0 unspecified atom stereocenters. The lowest BCUT2D eigenvalue weighted by molar-refractivity contribution is 0.468. The largest absolute Gasteiger partial charge is 0.459 e. The molecule has 4 aliphatic rings. The number of benzene rings is 18. The SMILES string of the molecule is CC(C)(C)c1cc2c3c(c1)N(c1c(-c4ccccc4)cc(-c4ccccc4)cc1-c1ccccc1)c1cc4c5c(c1B3c1ccc(-c3ccccc3)cc1N2c1c(-c2ccccc2)cc(-c2ccccc2)cc1-c1ccccc1)Oc1ccc(-c2ccccc2)cc1B5c1cc(-c2ccccc2)cc(-c2cccc3c2oc2ccccc23)c1O4. The third kappa shape index (κ3) is 11.5. The van der Waals surface area contributed by atoms with E-state index in [4.69, 9.17) is 13.9 Å². The molecule has 18 aromatic carbocycles. The topological polar surface area (TPSA) is 38.1 Å². The van der Waals surface area contributed by atoms with E-state index in [-0.39, 0.29) is 0 Å². The fourth-order valence-corrected chi connectivity index (χ4v) is 19.3. The summed E-state index contributed by atoms with van der Waals surface area (Å²) in [5.74, 6) is 3.01. The molecular weight excluding hydrogens is 1440 g/mol. The smallest absolute Gasteiger partial charge is 0.260 e. The molecule has 0 N–H and O–H groups in total. The molecule has 7 heteroatoms. The normalized spacial score (nSPS) is 12.7. The first-order chi connectivity index (χ1) is 58.7. The molecule has 19 aromatic rings. The second-order valence-corrected chi connectivity index (χ2v) is 32.9. The molecule has 0 spiro atoms. The van der Waals surface area contributed by atoms with Crippen molar-refractivity contribution in [2.45, 2.75) is 26.2 Å². The van der Waals surface area contributed by atoms with Gasteiger partial charge in [-0.15, -0.1) is 0 Å². The standard InChI is InChI=1S/C112H76B2N2O3/c1-112(2,3)85-68-98-104-99(69-85)116(108-91(78-48-27-11-28-49-78)62-83(74-40-19-7-20-41-74)63-92(108)79-50-29-12-30-51-79)100-70-103-106-111(105(100)114(104)94-58-56-81(72-36-15-5-16-37-72)67-97(94)115(98)107-89(76-44-23-9-24-45-76)60-82(73-38-17-6-18-39-73)61-90(107)77-46-25-10-26-47-77)118-102-59-57-80(71-34-13-4-14-35-71)65-95(102)113(106)96-66-84(75-42-21-8-22-43-75)64-93(110(96)119-103)88-54-33-53-87-86-52-31-32-55-101(86)117-109(87)88/h4-70H,1-3H3. The van der Waals surface area contributed by atoms with Crippen molar-refractivity contribution >= 4 is 102 Å². The molecule has 558 valence electrons. The zero-order valence-electron chi connectivity index (χ0n) is 66.0. The van der Waals surface area contributed by atoms with Crippen LogP contribution in [0.1, 0.15) is 26.3 Å². The van der Waals surface area contributed by atoms with E-state index in [1.54, 1.807) is 0 Å². The Morgan fingerprint density at radius 3 is 1.11 bits per heavy atom. The van der Waals surface area contributed by atoms with Crippen LogP contribution in [0.25, 0.3) is 133 Å². The minimum absolute atomic E-state index is 0.417. The van der Waals surface area contributed by atoms with Gasteiger partial charge in [-0.05, 0) is 177 Å². The van der Waals surface area contributed by atoms with E-state index in [2.05, 4.69) is 437 Å². The molecule has 0 bridgehead atoms. The Balaban J connectivity index is 0.902. The van der Waals surface area contributed by atoms with Crippen LogP contribution in [0.5, 0.6) is 23.0 Å². The zero-order valence-corrected chi connectivity index (χ0v) is 66.0. The summed E-state index contributed by atoms with van der Waals surface area (Å²) in [6.07, 6.45) is 0. The van der Waals surface area contributed by atoms with E-state index in [1.807, 2.05) is 0 Å². The Kier molecular flexibility index (Phi) is 16.3. The zero-order chi connectivity index (χ0) is 79.0. The van der Waals surface area contributed by atoms with Gasteiger partial charge in [-0.1, -0.05) is 360 Å². The molecule has 1 aromatic heterocycles. The molecule has 0 fully saturated rings. The van der Waals surface area contributed by atoms with Gasteiger partial charge in [0, 0.05) is 78.4 Å². The molecule has 23 rings (SSSR count). The van der Waals surface area contributed by atoms with Gasteiger partial charge < -0.3 is 23.7 Å². The van der Waals surface area contributed by atoms with Gasteiger partial charge in [-0.3, -0.25) is 0 Å². The first kappa shape index (κ1) is 69.6. The van der Waals surface area contributed by atoms with Gasteiger partial charge in [0.2, 0.25) is 0 Å². The predicted octanol–water partition coefficient (Wildman–Crippen LogP) is 26.4. The van der Waals surface area contributed by atoms with Crippen molar-refractivity contribution in [1.29, 1.82) is 0 Å². The van der Waals surface area contributed by atoms with Crippen molar-refractivity contribution in [1.82, 2.24) is 0 Å². The van der Waals surface area contributed by atoms with E-state index in [0.29, 0.717) is 5.75 Å². The Morgan fingerprint density at radius 2 is 0.622 bits per heavy atom. The first-order valence-electron chi connectivity index (χ1n) is 41.2. The molecule has 0 aliphatic carbocycles. The molecule has 5 heterocycles. The number of hydrogen-bond acceptors (Lipinski definition) is 5. The number of furan rings is 1. The monoisotopic (exact) mass is 1520 g/mol. The van der Waals surface area contributed by atoms with Gasteiger partial charge >= 0.3 is 0 Å². The fourth-order valence-electron chi connectivity index (χ4n) is 19.3. The minimum Gasteiger partial charge on any atom is -0.459 e. The number of nitrogens with zero attached hydrogens (tertiary/aromatic N) is 2. The van der Waals surface area contributed by atoms with E-state index in [1.165, 1.54) is 5.56 Å². The first-order valence-corrected chi connectivity index (χ1v) is 41.2. The summed E-state index contributed by atoms with van der Waals surface area (Å²) < 4.78 is 23.7. The molecule has 0 radical (unpaired) electrons. The van der Waals surface area contributed by atoms with E-state index >= 15 is 0 Å². The van der Waals surface area contributed by atoms with Gasteiger partial charge in [-0.2, -0.15) is 0 Å². The summed E-state index contributed by atoms with van der Waals surface area (Å²) in [5, 5.41) is 2.10. The summed E-state index contributed by atoms with van der Waals surface area (Å²) >= 11 is 0. The lowest BCUT2D eigenvalue weighted by atomic mass is 9.30. The van der Waals surface area contributed by atoms with E-state index in [0.717, 1.165) is 217 Å². The summed E-state index contributed by atoms with van der Waals surface area (Å²) in [4.78, 5) is 5.35. The Bertz CT molecular complexity index is 7120. The summed E-state index contributed by atoms with van der Waals surface area (Å²) in [5.41, 5.74) is 36.5. The molecule has 5 nitrogen and oxygen atoms in total. The molecule has 0 saturated carbocycles. The average Bonchev–Trinajstić information content (AvgIpc) is 0.869. The van der Waals surface area contributed by atoms with Gasteiger partial charge in [0.05, 0.1) is 11.4 Å². The van der Waals surface area contributed by atoms with E-state index in [9.17, 15) is 0 Å². The highest BCUT2D eigenvalue weighted by Gasteiger charge is 2.52. The second-order valence-electron chi connectivity index (χ2n) is 32.9. The lowest BCUT2D eigenvalue weighted by Gasteiger charge is -2.48. The van der Waals surface area contributed by atoms with Gasteiger partial charge in [0.1, 0.15) is 34.2 Å². The average molecular weight is 1520 g/mol. The lowest BCUT2D eigenvalue weighted by Crippen LogP contribution is -2.65. The number of para-hydroxylation sites is 2. The number of rotatable bonds is 12. The van der Waals surface area contributed by atoms with E-state index < -0.39 is 18.8 Å². The maximum atomic E-state index is 8.32. The summed E-state index contributed by atoms with van der Waals surface area (Å²) in [7, 11) is 0. The third-order valence-electron chi connectivity index (χ3n) is 24.9. The number of ether oxygens (including phenoxy) is 2. The van der Waals surface area contributed by atoms with Gasteiger partial charge in [-0.25, -0.2) is 0 Å². The Labute approximate surface area is 693 Å². The predicted molar refractivity (Wildman–Crippen MR) is 498 cm³/mol. The number of fused-ring (bicyclic) bond motifs is 12. The quantitative estimate of drug-likeness (QED) is 0.114. The Hall–Kier alpha value is -14.9. The second kappa shape index (κ2) is 27.9. The van der Waals surface area contributed by atoms with Crippen LogP contribution in [-0.2, 0) is 5.41 Å². The summed E-state index contributed by atoms with van der Waals surface area (Å²) in [6, 6.07) is 150. The van der Waals surface area contributed by atoms with Crippen molar-refractivity contribution in [2.24, 2.45) is 0 Å². The molecule has 0 saturated heterocycles. The van der Waals surface area contributed by atoms with Crippen LogP contribution in [-0.4, -0.2) is 13.4 Å². The molecule has 119 heavy (non-hydrogen) atoms. The highest BCUT2D eigenvalue weighted by Crippen LogP contribution is 2.58. The summed E-state index contributed by atoms with van der Waals surface area (Å²) in [6.45, 7) is 6.21. The highest BCUT2D eigenvalue weighted by atomic mass is 16.5. The van der Waals surface area contributed by atoms with Crippen LogP contribution in [0, 0.1) is 0 Å². The van der Waals surface area contributed by atoms with Crippen molar-refractivity contribution in [2.75, 3.05) is 9.80 Å². The van der Waals surface area contributed by atoms with Crippen LogP contribution in [0.4, 0.5) is 34.1 Å². The maximum absolute atomic E-state index is 8.32. The highest BCUT2D eigenvalue weighted by molar-refractivity contribution is 7.03. The van der Waals surface area contributed by atoms with Crippen LogP contribution < -0.4 is 52.1 Å².